The zero-order chi connectivity index (χ0) is 22.0. The van der Waals surface area contributed by atoms with Gasteiger partial charge in [0.05, 0.1) is 16.7 Å². The quantitative estimate of drug-likeness (QED) is 0.616. The molecule has 2 aromatic rings. The summed E-state index contributed by atoms with van der Waals surface area (Å²) in [5.41, 5.74) is 0.808. The molecule has 1 aliphatic rings. The smallest absolute Gasteiger partial charge is 0.362 e. The molecule has 0 fully saturated rings. The summed E-state index contributed by atoms with van der Waals surface area (Å²) in [7, 11) is -8.53. The van der Waals surface area contributed by atoms with E-state index in [9.17, 15) is 16.8 Å². The molecule has 2 aromatic carbocycles. The molecule has 30 heavy (non-hydrogen) atoms. The number of unbranched alkanes of at least 4 members (excludes halogenated alkanes) is 1. The van der Waals surface area contributed by atoms with Crippen LogP contribution in [0.25, 0.3) is 0 Å². The molecule has 0 radical (unpaired) electrons. The van der Waals surface area contributed by atoms with Crippen molar-refractivity contribution >= 4 is 20.2 Å². The van der Waals surface area contributed by atoms with Crippen LogP contribution in [0, 0.1) is 0 Å². The average molecular weight is 454 g/mol. The summed E-state index contributed by atoms with van der Waals surface area (Å²) in [6.45, 7) is 4.04. The van der Waals surface area contributed by atoms with Crippen molar-refractivity contribution < 1.29 is 25.6 Å². The summed E-state index contributed by atoms with van der Waals surface area (Å²) in [6, 6.07) is 13.2. The van der Waals surface area contributed by atoms with E-state index in [2.05, 4.69) is 16.4 Å². The fraction of sp³-hybridized carbons (Fsp3) is 0.429. The van der Waals surface area contributed by atoms with Crippen LogP contribution in [0.5, 0.6) is 5.75 Å². The van der Waals surface area contributed by atoms with Crippen molar-refractivity contribution in [1.82, 2.24) is 5.32 Å². The van der Waals surface area contributed by atoms with Crippen LogP contribution in [0.4, 0.5) is 0 Å². The van der Waals surface area contributed by atoms with Crippen LogP contribution >= 0.6 is 0 Å². The van der Waals surface area contributed by atoms with E-state index in [1.807, 2.05) is 37.3 Å². The van der Waals surface area contributed by atoms with Gasteiger partial charge in [0.1, 0.15) is 5.75 Å². The predicted octanol–water partition coefficient (Wildman–Crippen LogP) is 3.67. The Kier molecular flexibility index (Phi) is 6.57. The van der Waals surface area contributed by atoms with Crippen molar-refractivity contribution in [2.45, 2.75) is 56.0 Å². The Morgan fingerprint density at radius 3 is 2.47 bits per heavy atom. The van der Waals surface area contributed by atoms with Gasteiger partial charge in [-0.1, -0.05) is 63.1 Å². The lowest BCUT2D eigenvalue weighted by Gasteiger charge is -2.35. The van der Waals surface area contributed by atoms with E-state index in [0.717, 1.165) is 18.4 Å². The fourth-order valence-electron chi connectivity index (χ4n) is 4.01. The number of sulfone groups is 1. The largest absolute Gasteiger partial charge is 0.446 e. The highest BCUT2D eigenvalue weighted by Gasteiger charge is 2.42. The van der Waals surface area contributed by atoms with Crippen molar-refractivity contribution in [2.75, 3.05) is 5.75 Å². The van der Waals surface area contributed by atoms with Crippen LogP contribution in [-0.2, 0) is 20.2 Å². The normalized spacial score (nSPS) is 23.4. The predicted molar refractivity (Wildman–Crippen MR) is 115 cm³/mol. The Morgan fingerprint density at radius 1 is 1.17 bits per heavy atom. The van der Waals surface area contributed by atoms with Gasteiger partial charge in [0.25, 0.3) is 0 Å². The van der Waals surface area contributed by atoms with Crippen LogP contribution in [-0.4, -0.2) is 32.7 Å². The summed E-state index contributed by atoms with van der Waals surface area (Å²) >= 11 is 0. The third kappa shape index (κ3) is 5.03. The van der Waals surface area contributed by atoms with E-state index in [1.165, 1.54) is 12.1 Å². The molecule has 0 saturated heterocycles. The maximum atomic E-state index is 13.4. The maximum absolute atomic E-state index is 13.4. The standard InChI is InChI=1S/C21H27NO6S2/c1-3-5-13-21(4-2)15-29(23,24)19-14-17(28-30(25,26)27)11-12-18(19)20(22-21)16-9-7-6-8-10-16/h6-12,14,20,22H,3-5,13,15H2,1-2H3,(H,25,26,27)/t20-,21+/m0/s1. The summed E-state index contributed by atoms with van der Waals surface area (Å²) in [5.74, 6) is -0.355. The van der Waals surface area contributed by atoms with Gasteiger partial charge in [-0.3, -0.25) is 9.87 Å². The minimum Gasteiger partial charge on any atom is -0.362 e. The van der Waals surface area contributed by atoms with Crippen molar-refractivity contribution in [1.29, 1.82) is 0 Å². The second kappa shape index (κ2) is 8.66. The van der Waals surface area contributed by atoms with Crippen LogP contribution in [0.2, 0.25) is 0 Å². The molecule has 0 unspecified atom stereocenters. The zero-order valence-corrected chi connectivity index (χ0v) is 18.7. The number of hydrogen-bond donors (Lipinski definition) is 2. The number of benzene rings is 2. The Hall–Kier alpha value is -1.94. The molecule has 0 spiro atoms. The molecule has 1 aliphatic heterocycles. The Bertz CT molecular complexity index is 1100. The van der Waals surface area contributed by atoms with E-state index in [-0.39, 0.29) is 16.4 Å². The second-order valence-corrected chi connectivity index (χ2v) is 10.7. The van der Waals surface area contributed by atoms with E-state index >= 15 is 0 Å². The van der Waals surface area contributed by atoms with Gasteiger partial charge in [-0.2, -0.15) is 8.42 Å². The lowest BCUT2D eigenvalue weighted by Crippen LogP contribution is -2.50. The highest BCUT2D eigenvalue weighted by molar-refractivity contribution is 7.91. The lowest BCUT2D eigenvalue weighted by atomic mass is 9.88. The molecule has 9 heteroatoms. The van der Waals surface area contributed by atoms with Gasteiger partial charge in [-0.25, -0.2) is 8.42 Å². The van der Waals surface area contributed by atoms with Crippen molar-refractivity contribution in [2.24, 2.45) is 0 Å². The molecule has 2 N–H and O–H groups in total. The van der Waals surface area contributed by atoms with E-state index in [4.69, 9.17) is 4.55 Å². The molecule has 0 bridgehead atoms. The van der Waals surface area contributed by atoms with Crippen LogP contribution in [0.1, 0.15) is 56.7 Å². The third-order valence-corrected chi connectivity index (χ3v) is 7.93. The number of hydrogen-bond acceptors (Lipinski definition) is 6. The minimum absolute atomic E-state index is 0.0110. The monoisotopic (exact) mass is 453 g/mol. The Labute approximate surface area is 178 Å². The first-order chi connectivity index (χ1) is 14.1. The lowest BCUT2D eigenvalue weighted by molar-refractivity contribution is 0.295. The molecule has 2 atom stereocenters. The molecule has 164 valence electrons. The second-order valence-electron chi connectivity index (χ2n) is 7.70. The number of fused-ring (bicyclic) bond motifs is 1. The van der Waals surface area contributed by atoms with Gasteiger partial charge >= 0.3 is 10.4 Å². The molecule has 7 nitrogen and oxygen atoms in total. The van der Waals surface area contributed by atoms with Crippen molar-refractivity contribution in [3.63, 3.8) is 0 Å². The van der Waals surface area contributed by atoms with E-state index in [1.54, 1.807) is 6.07 Å². The molecule has 0 aromatic heterocycles. The first-order valence-electron chi connectivity index (χ1n) is 9.95. The maximum Gasteiger partial charge on any atom is 0.446 e. The van der Waals surface area contributed by atoms with Crippen LogP contribution in [0.3, 0.4) is 0 Å². The van der Waals surface area contributed by atoms with Crippen LogP contribution in [0.15, 0.2) is 53.4 Å². The van der Waals surface area contributed by atoms with Gasteiger partial charge < -0.3 is 4.18 Å². The molecule has 0 aliphatic carbocycles. The molecule has 0 saturated carbocycles. The number of nitrogens with one attached hydrogen (secondary N) is 1. The molecule has 0 amide bonds. The zero-order valence-electron chi connectivity index (χ0n) is 17.0. The summed E-state index contributed by atoms with van der Waals surface area (Å²) in [4.78, 5) is 0.0110. The molecular formula is C21H27NO6S2. The van der Waals surface area contributed by atoms with Gasteiger partial charge in [0, 0.05) is 11.6 Å². The first kappa shape index (κ1) is 22.7. The summed E-state index contributed by atoms with van der Waals surface area (Å²) in [6.07, 6.45) is 3.15. The topological polar surface area (TPSA) is 110 Å². The first-order valence-corrected chi connectivity index (χ1v) is 13.0. The van der Waals surface area contributed by atoms with Crippen molar-refractivity contribution in [3.05, 3.63) is 59.7 Å². The van der Waals surface area contributed by atoms with Gasteiger partial charge in [-0.05, 0) is 30.0 Å². The molecule has 1 heterocycles. The summed E-state index contributed by atoms with van der Waals surface area (Å²) in [5, 5.41) is 3.62. The average Bonchev–Trinajstić information content (AvgIpc) is 2.79. The van der Waals surface area contributed by atoms with Crippen LogP contribution < -0.4 is 9.50 Å². The van der Waals surface area contributed by atoms with E-state index < -0.39 is 31.8 Å². The van der Waals surface area contributed by atoms with Gasteiger partial charge in [-0.15, -0.1) is 0 Å². The van der Waals surface area contributed by atoms with E-state index in [0.29, 0.717) is 18.4 Å². The molecular weight excluding hydrogens is 426 g/mol. The fourth-order valence-corrected chi connectivity index (χ4v) is 6.51. The van der Waals surface area contributed by atoms with Crippen molar-refractivity contribution in [3.8, 4) is 5.75 Å². The number of rotatable bonds is 7. The minimum atomic E-state index is -4.77. The Balaban J connectivity index is 2.20. The highest BCUT2D eigenvalue weighted by Crippen LogP contribution is 2.39. The summed E-state index contributed by atoms with van der Waals surface area (Å²) < 4.78 is 62.6. The highest BCUT2D eigenvalue weighted by atomic mass is 32.3. The van der Waals surface area contributed by atoms with Gasteiger partial charge in [0.15, 0.2) is 9.84 Å². The molecule has 3 rings (SSSR count). The Morgan fingerprint density at radius 2 is 1.87 bits per heavy atom. The third-order valence-electron chi connectivity index (χ3n) is 5.57. The SMILES string of the molecule is CCCC[C@]1(CC)CS(=O)(=O)c2cc(OS(=O)(=O)O)ccc2[C@H](c2ccccc2)N1. The van der Waals surface area contributed by atoms with Gasteiger partial charge in [0.2, 0.25) is 0 Å².